The highest BCUT2D eigenvalue weighted by Gasteiger charge is 2.02. The Bertz CT molecular complexity index is 432. The van der Waals surface area contributed by atoms with Crippen molar-refractivity contribution in [2.45, 2.75) is 6.92 Å². The predicted molar refractivity (Wildman–Crippen MR) is 61.3 cm³/mol. The van der Waals surface area contributed by atoms with E-state index in [1.807, 2.05) is 0 Å². The maximum absolute atomic E-state index is 12.9. The van der Waals surface area contributed by atoms with Crippen molar-refractivity contribution in [3.05, 3.63) is 40.7 Å². The molecule has 16 heavy (non-hydrogen) atoms. The lowest BCUT2D eigenvalue weighted by atomic mass is 10.2. The molecule has 3 nitrogen and oxygen atoms in total. The summed E-state index contributed by atoms with van der Waals surface area (Å²) >= 11 is 5.82. The Morgan fingerprint density at radius 3 is 2.94 bits per heavy atom. The second-order valence-electron chi connectivity index (χ2n) is 3.31. The maximum Gasteiger partial charge on any atom is 0.328 e. The van der Waals surface area contributed by atoms with Gasteiger partial charge in [-0.05, 0) is 30.7 Å². The average Bonchev–Trinajstić information content (AvgIpc) is 2.18. The molecule has 0 aliphatic carbocycles. The molecule has 0 amide bonds. The molecular weight excluding hydrogens is 233 g/mol. The van der Waals surface area contributed by atoms with Gasteiger partial charge in [0.05, 0.1) is 10.7 Å². The molecule has 1 aromatic carbocycles. The van der Waals surface area contributed by atoms with Gasteiger partial charge < -0.3 is 10.4 Å². The van der Waals surface area contributed by atoms with Crippen molar-refractivity contribution in [3.63, 3.8) is 0 Å². The predicted octanol–water partition coefficient (Wildman–Crippen LogP) is 2.92. The number of halogens is 2. The third-order valence-electron chi connectivity index (χ3n) is 1.86. The van der Waals surface area contributed by atoms with Gasteiger partial charge in [-0.3, -0.25) is 0 Å². The molecule has 0 bridgehead atoms. The Kier molecular flexibility index (Phi) is 4.31. The number of carbonyl (C=O) groups is 1. The van der Waals surface area contributed by atoms with Crippen molar-refractivity contribution < 1.29 is 14.3 Å². The van der Waals surface area contributed by atoms with Crippen LogP contribution >= 0.6 is 11.6 Å². The topological polar surface area (TPSA) is 49.3 Å². The number of nitrogens with one attached hydrogen (secondary N) is 1. The molecule has 1 rings (SSSR count). The Hall–Kier alpha value is -1.55. The van der Waals surface area contributed by atoms with E-state index < -0.39 is 11.8 Å². The highest BCUT2D eigenvalue weighted by atomic mass is 35.5. The molecule has 0 atom stereocenters. The van der Waals surface area contributed by atoms with E-state index in [1.165, 1.54) is 18.2 Å². The normalized spacial score (nSPS) is 11.3. The van der Waals surface area contributed by atoms with Crippen LogP contribution in [0, 0.1) is 5.82 Å². The van der Waals surface area contributed by atoms with Crippen LogP contribution in [0.15, 0.2) is 29.8 Å². The number of anilines is 1. The summed E-state index contributed by atoms with van der Waals surface area (Å²) < 4.78 is 12.9. The molecule has 0 saturated heterocycles. The van der Waals surface area contributed by atoms with Crippen molar-refractivity contribution in [3.8, 4) is 0 Å². The van der Waals surface area contributed by atoms with Crippen LogP contribution in [0.25, 0.3) is 0 Å². The zero-order valence-corrected chi connectivity index (χ0v) is 9.38. The third kappa shape index (κ3) is 3.90. The van der Waals surface area contributed by atoms with E-state index in [1.54, 1.807) is 6.92 Å². The summed E-state index contributed by atoms with van der Waals surface area (Å²) in [6, 6.07) is 3.96. The molecule has 1 aromatic rings. The van der Waals surface area contributed by atoms with Crippen LogP contribution in [0.3, 0.4) is 0 Å². The fourth-order valence-electron chi connectivity index (χ4n) is 1.13. The van der Waals surface area contributed by atoms with Gasteiger partial charge in [0.1, 0.15) is 5.82 Å². The number of aliphatic carboxylic acids is 1. The van der Waals surface area contributed by atoms with E-state index in [0.717, 1.165) is 6.08 Å². The van der Waals surface area contributed by atoms with Crippen molar-refractivity contribution in [1.82, 2.24) is 0 Å². The number of carboxylic acid groups (broad SMARTS) is 1. The lowest BCUT2D eigenvalue weighted by Crippen LogP contribution is -2.05. The molecular formula is C11H11ClFNO2. The van der Waals surface area contributed by atoms with E-state index in [2.05, 4.69) is 5.32 Å². The minimum atomic E-state index is -1.01. The molecule has 0 heterocycles. The Balaban J connectivity index is 2.68. The van der Waals surface area contributed by atoms with E-state index in [-0.39, 0.29) is 0 Å². The molecule has 0 spiro atoms. The monoisotopic (exact) mass is 243 g/mol. The van der Waals surface area contributed by atoms with Gasteiger partial charge >= 0.3 is 5.97 Å². The number of hydrogen-bond acceptors (Lipinski definition) is 2. The third-order valence-corrected chi connectivity index (χ3v) is 2.19. The van der Waals surface area contributed by atoms with E-state index >= 15 is 0 Å². The summed E-state index contributed by atoms with van der Waals surface area (Å²) in [4.78, 5) is 10.4. The number of hydrogen-bond donors (Lipinski definition) is 2. The van der Waals surface area contributed by atoms with Crippen LogP contribution in [0.4, 0.5) is 10.1 Å². The van der Waals surface area contributed by atoms with Gasteiger partial charge in [0.15, 0.2) is 0 Å². The van der Waals surface area contributed by atoms with Gasteiger partial charge in [0, 0.05) is 12.6 Å². The van der Waals surface area contributed by atoms with Crippen molar-refractivity contribution in [2.75, 3.05) is 11.9 Å². The maximum atomic E-state index is 12.9. The zero-order valence-electron chi connectivity index (χ0n) is 8.63. The largest absolute Gasteiger partial charge is 0.478 e. The van der Waals surface area contributed by atoms with Crippen molar-refractivity contribution in [2.24, 2.45) is 0 Å². The number of benzene rings is 1. The molecule has 0 aliphatic heterocycles. The molecule has 0 radical (unpaired) electrons. The van der Waals surface area contributed by atoms with E-state index in [9.17, 15) is 9.18 Å². The van der Waals surface area contributed by atoms with Crippen molar-refractivity contribution in [1.29, 1.82) is 0 Å². The SMILES string of the molecule is C/C(=C/C(=O)O)CNc1cc(F)ccc1Cl. The van der Waals surface area contributed by atoms with Gasteiger partial charge in [-0.1, -0.05) is 11.6 Å². The van der Waals surface area contributed by atoms with Gasteiger partial charge in [-0.15, -0.1) is 0 Å². The Labute approximate surface area is 97.5 Å². The highest BCUT2D eigenvalue weighted by Crippen LogP contribution is 2.22. The second-order valence-corrected chi connectivity index (χ2v) is 3.71. The summed E-state index contributed by atoms with van der Waals surface area (Å²) in [6.45, 7) is 1.96. The quantitative estimate of drug-likeness (QED) is 0.800. The first kappa shape index (κ1) is 12.5. The summed E-state index contributed by atoms with van der Waals surface area (Å²) in [5, 5.41) is 11.7. The summed E-state index contributed by atoms with van der Waals surface area (Å²) in [5.74, 6) is -1.41. The fourth-order valence-corrected chi connectivity index (χ4v) is 1.31. The lowest BCUT2D eigenvalue weighted by Gasteiger charge is -2.08. The first-order chi connectivity index (χ1) is 7.49. The van der Waals surface area contributed by atoms with Crippen LogP contribution in [-0.4, -0.2) is 17.6 Å². The van der Waals surface area contributed by atoms with Crippen LogP contribution < -0.4 is 5.32 Å². The Morgan fingerprint density at radius 1 is 1.62 bits per heavy atom. The van der Waals surface area contributed by atoms with Crippen LogP contribution in [-0.2, 0) is 4.79 Å². The van der Waals surface area contributed by atoms with Gasteiger partial charge in [-0.2, -0.15) is 0 Å². The number of rotatable bonds is 4. The second kappa shape index (κ2) is 5.51. The molecule has 0 fully saturated rings. The molecule has 86 valence electrons. The van der Waals surface area contributed by atoms with Crippen LogP contribution in [0.5, 0.6) is 0 Å². The Morgan fingerprint density at radius 2 is 2.31 bits per heavy atom. The summed E-state index contributed by atoms with van der Waals surface area (Å²) in [5.41, 5.74) is 1.06. The lowest BCUT2D eigenvalue weighted by molar-refractivity contribution is -0.131. The standard InChI is InChI=1S/C11H11ClFNO2/c1-7(4-11(15)16)6-14-10-5-8(13)2-3-9(10)12/h2-5,14H,6H2,1H3,(H,15,16)/b7-4-. The minimum Gasteiger partial charge on any atom is -0.478 e. The molecule has 0 saturated carbocycles. The van der Waals surface area contributed by atoms with E-state index in [4.69, 9.17) is 16.7 Å². The van der Waals surface area contributed by atoms with Gasteiger partial charge in [0.25, 0.3) is 0 Å². The van der Waals surface area contributed by atoms with Gasteiger partial charge in [0.2, 0.25) is 0 Å². The van der Waals surface area contributed by atoms with Crippen LogP contribution in [0.2, 0.25) is 5.02 Å². The first-order valence-corrected chi connectivity index (χ1v) is 4.96. The average molecular weight is 244 g/mol. The molecule has 0 aromatic heterocycles. The summed E-state index contributed by atoms with van der Waals surface area (Å²) in [6.07, 6.45) is 1.08. The van der Waals surface area contributed by atoms with Crippen molar-refractivity contribution >= 4 is 23.3 Å². The molecule has 2 N–H and O–H groups in total. The van der Waals surface area contributed by atoms with Crippen LogP contribution in [0.1, 0.15) is 6.92 Å². The fraction of sp³-hybridized carbons (Fsp3) is 0.182. The number of carboxylic acids is 1. The van der Waals surface area contributed by atoms with E-state index in [0.29, 0.717) is 22.8 Å². The zero-order chi connectivity index (χ0) is 12.1. The molecule has 0 aliphatic rings. The first-order valence-electron chi connectivity index (χ1n) is 4.58. The minimum absolute atomic E-state index is 0.301. The molecule has 0 unspecified atom stereocenters. The summed E-state index contributed by atoms with van der Waals surface area (Å²) in [7, 11) is 0. The highest BCUT2D eigenvalue weighted by molar-refractivity contribution is 6.33. The molecule has 5 heteroatoms. The smallest absolute Gasteiger partial charge is 0.328 e. The van der Waals surface area contributed by atoms with Gasteiger partial charge in [-0.25, -0.2) is 9.18 Å².